The van der Waals surface area contributed by atoms with Crippen LogP contribution in [0.15, 0.2) is 10.8 Å². The van der Waals surface area contributed by atoms with Gasteiger partial charge in [0.05, 0.1) is 25.5 Å². The van der Waals surface area contributed by atoms with E-state index in [0.717, 1.165) is 31.0 Å². The molecule has 0 saturated carbocycles. The van der Waals surface area contributed by atoms with E-state index in [-0.39, 0.29) is 6.10 Å². The summed E-state index contributed by atoms with van der Waals surface area (Å²) in [6.07, 6.45) is 2.47. The minimum Gasteiger partial charge on any atom is -0.445 e. The number of oxazole rings is 1. The number of ether oxygens (including phenoxy) is 2. The molecule has 1 fully saturated rings. The summed E-state index contributed by atoms with van der Waals surface area (Å²) in [7, 11) is 0. The molecule has 90 valence electrons. The van der Waals surface area contributed by atoms with E-state index in [1.165, 1.54) is 6.39 Å². The number of nitrogens with zero attached hydrogens (tertiary/aromatic N) is 1. The second-order valence-electron chi connectivity index (χ2n) is 3.77. The summed E-state index contributed by atoms with van der Waals surface area (Å²) in [5, 5.41) is 3.30. The smallest absolute Gasteiger partial charge is 0.181 e. The largest absolute Gasteiger partial charge is 0.445 e. The van der Waals surface area contributed by atoms with Gasteiger partial charge in [0.15, 0.2) is 12.2 Å². The van der Waals surface area contributed by atoms with Gasteiger partial charge in [-0.1, -0.05) is 6.92 Å². The van der Waals surface area contributed by atoms with Crippen LogP contribution in [0.1, 0.15) is 30.9 Å². The predicted octanol–water partition coefficient (Wildman–Crippen LogP) is 1.26. The third-order valence-corrected chi connectivity index (χ3v) is 2.50. The van der Waals surface area contributed by atoms with Crippen molar-refractivity contribution in [3.8, 4) is 0 Å². The Morgan fingerprint density at radius 1 is 1.50 bits per heavy atom. The first kappa shape index (κ1) is 11.6. The van der Waals surface area contributed by atoms with Gasteiger partial charge in [0.2, 0.25) is 0 Å². The molecule has 1 aliphatic rings. The van der Waals surface area contributed by atoms with E-state index in [4.69, 9.17) is 13.9 Å². The Kier molecular flexibility index (Phi) is 4.33. The van der Waals surface area contributed by atoms with E-state index in [0.29, 0.717) is 19.8 Å². The number of nitrogens with one attached hydrogen (secondary N) is 1. The fourth-order valence-electron chi connectivity index (χ4n) is 1.70. The Morgan fingerprint density at radius 3 is 3.19 bits per heavy atom. The third-order valence-electron chi connectivity index (χ3n) is 2.50. The molecule has 1 aromatic heterocycles. The maximum Gasteiger partial charge on any atom is 0.181 e. The van der Waals surface area contributed by atoms with Gasteiger partial charge >= 0.3 is 0 Å². The van der Waals surface area contributed by atoms with E-state index < -0.39 is 0 Å². The van der Waals surface area contributed by atoms with Crippen molar-refractivity contribution in [1.82, 2.24) is 10.3 Å². The van der Waals surface area contributed by atoms with Gasteiger partial charge in [-0.3, -0.25) is 0 Å². The van der Waals surface area contributed by atoms with Gasteiger partial charge in [-0.2, -0.15) is 0 Å². The van der Waals surface area contributed by atoms with E-state index in [9.17, 15) is 0 Å². The van der Waals surface area contributed by atoms with Crippen LogP contribution in [0.25, 0.3) is 0 Å². The quantitative estimate of drug-likeness (QED) is 0.766. The first-order chi connectivity index (χ1) is 7.92. The molecule has 2 rings (SSSR count). The van der Waals surface area contributed by atoms with Crippen molar-refractivity contribution >= 4 is 0 Å². The maximum atomic E-state index is 5.58. The number of hydrogen-bond donors (Lipinski definition) is 1. The molecule has 5 heteroatoms. The van der Waals surface area contributed by atoms with Crippen molar-refractivity contribution in [2.24, 2.45) is 0 Å². The fraction of sp³-hybridized carbons (Fsp3) is 0.727. The van der Waals surface area contributed by atoms with Crippen LogP contribution in [0.3, 0.4) is 0 Å². The highest BCUT2D eigenvalue weighted by atomic mass is 16.6. The summed E-state index contributed by atoms with van der Waals surface area (Å²) in [5.74, 6) is 0.795. The van der Waals surface area contributed by atoms with Crippen LogP contribution in [0.2, 0.25) is 0 Å². The molecular formula is C11H18N2O3. The molecule has 0 amide bonds. The first-order valence-corrected chi connectivity index (χ1v) is 5.74. The molecule has 1 unspecified atom stereocenters. The van der Waals surface area contributed by atoms with Gasteiger partial charge in [0.1, 0.15) is 6.10 Å². The van der Waals surface area contributed by atoms with Gasteiger partial charge in [0.25, 0.3) is 0 Å². The van der Waals surface area contributed by atoms with Crippen molar-refractivity contribution < 1.29 is 13.9 Å². The molecule has 0 bridgehead atoms. The summed E-state index contributed by atoms with van der Waals surface area (Å²) in [4.78, 5) is 4.20. The standard InChI is InChI=1S/C11H18N2O3/c1-2-3-12-6-9-11(16-8-13-9)10-7-14-4-5-15-10/h8,10,12H,2-7H2,1H3. The Bertz CT molecular complexity index is 308. The van der Waals surface area contributed by atoms with Crippen molar-refractivity contribution in [2.45, 2.75) is 26.0 Å². The first-order valence-electron chi connectivity index (χ1n) is 5.74. The minimum atomic E-state index is -0.102. The lowest BCUT2D eigenvalue weighted by atomic mass is 10.2. The topological polar surface area (TPSA) is 56.5 Å². The molecule has 1 saturated heterocycles. The molecule has 2 heterocycles. The molecule has 16 heavy (non-hydrogen) atoms. The lowest BCUT2D eigenvalue weighted by Crippen LogP contribution is -2.23. The van der Waals surface area contributed by atoms with Gasteiger partial charge < -0.3 is 19.2 Å². The normalized spacial score (nSPS) is 21.2. The van der Waals surface area contributed by atoms with Crippen LogP contribution in [0.4, 0.5) is 0 Å². The van der Waals surface area contributed by atoms with Crippen LogP contribution < -0.4 is 5.32 Å². The molecule has 0 aromatic carbocycles. The summed E-state index contributed by atoms with van der Waals surface area (Å²) >= 11 is 0. The Hall–Kier alpha value is -0.910. The van der Waals surface area contributed by atoms with Crippen molar-refractivity contribution in [3.05, 3.63) is 17.8 Å². The van der Waals surface area contributed by atoms with Crippen LogP contribution in [-0.2, 0) is 16.0 Å². The average Bonchev–Trinajstić information content (AvgIpc) is 2.79. The molecule has 0 aliphatic carbocycles. The van der Waals surface area contributed by atoms with Gasteiger partial charge in [-0.15, -0.1) is 0 Å². The summed E-state index contributed by atoms with van der Waals surface area (Å²) in [6, 6.07) is 0. The minimum absolute atomic E-state index is 0.102. The van der Waals surface area contributed by atoms with Crippen LogP contribution in [0, 0.1) is 0 Å². The van der Waals surface area contributed by atoms with E-state index in [2.05, 4.69) is 17.2 Å². The molecule has 0 radical (unpaired) electrons. The SMILES string of the molecule is CCCNCc1ncoc1C1COCCO1. The molecule has 0 spiro atoms. The van der Waals surface area contributed by atoms with Gasteiger partial charge in [-0.25, -0.2) is 4.98 Å². The van der Waals surface area contributed by atoms with Crippen molar-refractivity contribution in [3.63, 3.8) is 0 Å². The molecule has 1 aromatic rings. The summed E-state index contributed by atoms with van der Waals surface area (Å²) < 4.78 is 16.3. The fourth-order valence-corrected chi connectivity index (χ4v) is 1.70. The Morgan fingerprint density at radius 2 is 2.44 bits per heavy atom. The zero-order valence-corrected chi connectivity index (χ0v) is 9.57. The number of rotatable bonds is 5. The lowest BCUT2D eigenvalue weighted by Gasteiger charge is -2.21. The third kappa shape index (κ3) is 2.81. The second-order valence-corrected chi connectivity index (χ2v) is 3.77. The lowest BCUT2D eigenvalue weighted by molar-refractivity contribution is -0.0980. The Labute approximate surface area is 95.1 Å². The van der Waals surface area contributed by atoms with Crippen LogP contribution in [-0.4, -0.2) is 31.3 Å². The van der Waals surface area contributed by atoms with Crippen LogP contribution >= 0.6 is 0 Å². The zero-order chi connectivity index (χ0) is 11.2. The highest BCUT2D eigenvalue weighted by molar-refractivity contribution is 5.10. The van der Waals surface area contributed by atoms with E-state index >= 15 is 0 Å². The monoisotopic (exact) mass is 226 g/mol. The van der Waals surface area contributed by atoms with E-state index in [1.807, 2.05) is 0 Å². The van der Waals surface area contributed by atoms with Crippen molar-refractivity contribution in [1.29, 1.82) is 0 Å². The zero-order valence-electron chi connectivity index (χ0n) is 9.57. The molecule has 5 nitrogen and oxygen atoms in total. The number of hydrogen-bond acceptors (Lipinski definition) is 5. The highest BCUT2D eigenvalue weighted by Gasteiger charge is 2.23. The van der Waals surface area contributed by atoms with E-state index in [1.54, 1.807) is 0 Å². The van der Waals surface area contributed by atoms with Crippen LogP contribution in [0.5, 0.6) is 0 Å². The highest BCUT2D eigenvalue weighted by Crippen LogP contribution is 2.23. The summed E-state index contributed by atoms with van der Waals surface area (Å²) in [5.41, 5.74) is 0.920. The molecule has 1 atom stereocenters. The Balaban J connectivity index is 1.94. The molecule has 1 aliphatic heterocycles. The predicted molar refractivity (Wildman–Crippen MR) is 58.0 cm³/mol. The molecule has 1 N–H and O–H groups in total. The molecular weight excluding hydrogens is 208 g/mol. The van der Waals surface area contributed by atoms with Gasteiger partial charge in [-0.05, 0) is 13.0 Å². The second kappa shape index (κ2) is 5.98. The summed E-state index contributed by atoms with van der Waals surface area (Å²) in [6.45, 7) is 5.67. The van der Waals surface area contributed by atoms with Crippen molar-refractivity contribution in [2.75, 3.05) is 26.4 Å². The average molecular weight is 226 g/mol. The maximum absolute atomic E-state index is 5.58. The van der Waals surface area contributed by atoms with Gasteiger partial charge in [0, 0.05) is 6.54 Å². The number of aromatic nitrogens is 1.